The molecular formula is C57H37N5O. The van der Waals surface area contributed by atoms with Crippen molar-refractivity contribution in [1.29, 1.82) is 0 Å². The topological polar surface area (TPSA) is 60.0 Å². The monoisotopic (exact) mass is 807 g/mol. The van der Waals surface area contributed by atoms with Gasteiger partial charge in [0.15, 0.2) is 17.5 Å². The number of anilines is 3. The van der Waals surface area contributed by atoms with Crippen molar-refractivity contribution in [3.63, 3.8) is 0 Å². The second kappa shape index (κ2) is 15.1. The Kier molecular flexibility index (Phi) is 8.71. The fourth-order valence-electron chi connectivity index (χ4n) is 8.94. The van der Waals surface area contributed by atoms with Crippen LogP contribution in [-0.4, -0.2) is 19.5 Å². The molecule has 0 spiro atoms. The number of furan rings is 1. The highest BCUT2D eigenvalue weighted by Crippen LogP contribution is 2.43. The number of hydrogen-bond donors (Lipinski definition) is 0. The van der Waals surface area contributed by atoms with Crippen molar-refractivity contribution in [3.05, 3.63) is 224 Å². The Labute approximate surface area is 363 Å². The molecule has 296 valence electrons. The molecule has 6 heteroatoms. The van der Waals surface area contributed by atoms with E-state index in [1.165, 1.54) is 10.8 Å². The number of fused-ring (bicyclic) bond motifs is 6. The molecule has 0 bridgehead atoms. The van der Waals surface area contributed by atoms with E-state index in [0.717, 1.165) is 83.5 Å². The molecule has 0 N–H and O–H groups in total. The van der Waals surface area contributed by atoms with E-state index in [0.29, 0.717) is 17.5 Å². The Balaban J connectivity index is 0.985. The van der Waals surface area contributed by atoms with Crippen molar-refractivity contribution >= 4 is 60.8 Å². The molecule has 12 aromatic rings. The second-order valence-corrected chi connectivity index (χ2v) is 15.6. The van der Waals surface area contributed by atoms with E-state index in [4.69, 9.17) is 19.4 Å². The van der Waals surface area contributed by atoms with Gasteiger partial charge in [0.2, 0.25) is 0 Å². The molecule has 0 amide bonds. The van der Waals surface area contributed by atoms with Crippen LogP contribution in [0.1, 0.15) is 0 Å². The van der Waals surface area contributed by atoms with Crippen molar-refractivity contribution in [2.75, 3.05) is 4.90 Å². The van der Waals surface area contributed by atoms with Gasteiger partial charge in [-0.15, -0.1) is 0 Å². The highest BCUT2D eigenvalue weighted by Gasteiger charge is 2.22. The average molecular weight is 808 g/mol. The lowest BCUT2D eigenvalue weighted by atomic mass is 9.96. The molecule has 12 rings (SSSR count). The first-order chi connectivity index (χ1) is 31.2. The molecule has 0 radical (unpaired) electrons. The molecule has 0 atom stereocenters. The zero-order valence-electron chi connectivity index (χ0n) is 34.0. The quantitative estimate of drug-likeness (QED) is 0.153. The minimum Gasteiger partial charge on any atom is -0.455 e. The predicted molar refractivity (Wildman–Crippen MR) is 258 cm³/mol. The van der Waals surface area contributed by atoms with E-state index in [1.54, 1.807) is 0 Å². The predicted octanol–water partition coefficient (Wildman–Crippen LogP) is 15.0. The van der Waals surface area contributed by atoms with Gasteiger partial charge in [-0.1, -0.05) is 140 Å². The fourth-order valence-corrected chi connectivity index (χ4v) is 8.94. The van der Waals surface area contributed by atoms with Crippen LogP contribution in [0, 0.1) is 0 Å². The van der Waals surface area contributed by atoms with Crippen LogP contribution < -0.4 is 4.90 Å². The number of rotatable bonds is 8. The summed E-state index contributed by atoms with van der Waals surface area (Å²) >= 11 is 0. The minimum atomic E-state index is 0.539. The van der Waals surface area contributed by atoms with Crippen LogP contribution in [0.5, 0.6) is 0 Å². The van der Waals surface area contributed by atoms with Crippen molar-refractivity contribution in [1.82, 2.24) is 19.5 Å². The number of hydrogen-bond acceptors (Lipinski definition) is 5. The van der Waals surface area contributed by atoms with Gasteiger partial charge in [0.05, 0.1) is 16.6 Å². The van der Waals surface area contributed by atoms with E-state index in [-0.39, 0.29) is 0 Å². The van der Waals surface area contributed by atoms with Crippen molar-refractivity contribution < 1.29 is 4.42 Å². The highest BCUT2D eigenvalue weighted by molar-refractivity contribution is 6.16. The summed E-state index contributed by atoms with van der Waals surface area (Å²) in [5.74, 6) is 1.71. The molecule has 9 aromatic carbocycles. The average Bonchev–Trinajstić information content (AvgIpc) is 3.92. The molecule has 0 unspecified atom stereocenters. The number of para-hydroxylation sites is 5. The lowest BCUT2D eigenvalue weighted by Gasteiger charge is -2.25. The standard InChI is InChI=1S/C57H37N5O/c1-4-16-39(17-5-1)55-58-56(40-30-34-44(35-31-40)62-50-25-13-10-22-46(50)47-23-11-14-26-51(47)62)60-57(59-55)49-37-36-45(53-48-24-12-15-27-52(48)63-54(49)53)38-28-32-43(33-29-38)61(41-18-6-2-7-19-41)42-20-8-3-9-21-42/h1-37H. The Hall–Kier alpha value is -8.61. The summed E-state index contributed by atoms with van der Waals surface area (Å²) in [6.45, 7) is 0. The van der Waals surface area contributed by atoms with Crippen molar-refractivity contribution in [2.24, 2.45) is 0 Å². The maximum Gasteiger partial charge on any atom is 0.167 e. The van der Waals surface area contributed by atoms with Crippen LogP contribution in [0.2, 0.25) is 0 Å². The van der Waals surface area contributed by atoms with E-state index in [9.17, 15) is 0 Å². The number of aromatic nitrogens is 4. The van der Waals surface area contributed by atoms with Crippen molar-refractivity contribution in [3.8, 4) is 51.0 Å². The summed E-state index contributed by atoms with van der Waals surface area (Å²) in [5.41, 5.74) is 12.9. The molecule has 0 saturated carbocycles. The molecule has 0 aliphatic heterocycles. The minimum absolute atomic E-state index is 0.539. The van der Waals surface area contributed by atoms with Gasteiger partial charge in [-0.25, -0.2) is 15.0 Å². The molecule has 3 aromatic heterocycles. The Morgan fingerprint density at radius 2 is 0.810 bits per heavy atom. The summed E-state index contributed by atoms with van der Waals surface area (Å²) < 4.78 is 9.10. The zero-order chi connectivity index (χ0) is 41.7. The summed E-state index contributed by atoms with van der Waals surface area (Å²) in [4.78, 5) is 17.7. The lowest BCUT2D eigenvalue weighted by molar-refractivity contribution is 0.669. The molecular weight excluding hydrogens is 771 g/mol. The van der Waals surface area contributed by atoms with Crippen LogP contribution in [0.15, 0.2) is 229 Å². The van der Waals surface area contributed by atoms with Gasteiger partial charge < -0.3 is 13.9 Å². The first kappa shape index (κ1) is 36.3. The lowest BCUT2D eigenvalue weighted by Crippen LogP contribution is -2.09. The summed E-state index contributed by atoms with van der Waals surface area (Å²) in [6.07, 6.45) is 0. The summed E-state index contributed by atoms with van der Waals surface area (Å²) in [6, 6.07) is 77.9. The van der Waals surface area contributed by atoms with Crippen LogP contribution in [-0.2, 0) is 0 Å². The molecule has 0 saturated heterocycles. The molecule has 0 aliphatic rings. The third kappa shape index (κ3) is 6.32. The SMILES string of the molecule is c1ccc(-c2nc(-c3ccc(-n4c5ccccc5c5ccccc54)cc3)nc(-c3ccc(-c4ccc(N(c5ccccc5)c5ccccc5)cc4)c4c3oc3ccccc34)n2)cc1. The van der Waals surface area contributed by atoms with Crippen LogP contribution >= 0.6 is 0 Å². The zero-order valence-corrected chi connectivity index (χ0v) is 34.0. The van der Waals surface area contributed by atoms with Gasteiger partial charge in [0, 0.05) is 55.4 Å². The molecule has 0 fully saturated rings. The van der Waals surface area contributed by atoms with Gasteiger partial charge in [-0.05, 0) is 96.1 Å². The summed E-state index contributed by atoms with van der Waals surface area (Å²) in [7, 11) is 0. The third-order valence-electron chi connectivity index (χ3n) is 11.9. The Morgan fingerprint density at radius 1 is 0.349 bits per heavy atom. The first-order valence-electron chi connectivity index (χ1n) is 21.1. The van der Waals surface area contributed by atoms with E-state index in [2.05, 4.69) is 179 Å². The Bertz CT molecular complexity index is 3510. The van der Waals surface area contributed by atoms with E-state index in [1.807, 2.05) is 54.6 Å². The maximum absolute atomic E-state index is 6.78. The Morgan fingerprint density at radius 3 is 1.43 bits per heavy atom. The van der Waals surface area contributed by atoms with Gasteiger partial charge in [0.1, 0.15) is 11.2 Å². The molecule has 3 heterocycles. The van der Waals surface area contributed by atoms with Gasteiger partial charge in [0.25, 0.3) is 0 Å². The smallest absolute Gasteiger partial charge is 0.167 e. The largest absolute Gasteiger partial charge is 0.455 e. The molecule has 6 nitrogen and oxygen atoms in total. The first-order valence-corrected chi connectivity index (χ1v) is 21.1. The summed E-state index contributed by atoms with van der Waals surface area (Å²) in [5, 5.41) is 4.49. The van der Waals surface area contributed by atoms with Crippen molar-refractivity contribution in [2.45, 2.75) is 0 Å². The maximum atomic E-state index is 6.78. The van der Waals surface area contributed by atoms with Crippen LogP contribution in [0.25, 0.3) is 94.7 Å². The van der Waals surface area contributed by atoms with Gasteiger partial charge in [-0.3, -0.25) is 0 Å². The fraction of sp³-hybridized carbons (Fsp3) is 0. The normalized spacial score (nSPS) is 11.5. The third-order valence-corrected chi connectivity index (χ3v) is 11.9. The highest BCUT2D eigenvalue weighted by atomic mass is 16.3. The van der Waals surface area contributed by atoms with Gasteiger partial charge >= 0.3 is 0 Å². The number of nitrogens with zero attached hydrogens (tertiary/aromatic N) is 5. The second-order valence-electron chi connectivity index (χ2n) is 15.6. The van der Waals surface area contributed by atoms with Gasteiger partial charge in [-0.2, -0.15) is 0 Å². The number of benzene rings is 9. The van der Waals surface area contributed by atoms with E-state index >= 15 is 0 Å². The van der Waals surface area contributed by atoms with Crippen LogP contribution in [0.4, 0.5) is 17.1 Å². The molecule has 63 heavy (non-hydrogen) atoms. The molecule has 0 aliphatic carbocycles. The van der Waals surface area contributed by atoms with Crippen LogP contribution in [0.3, 0.4) is 0 Å². The van der Waals surface area contributed by atoms with E-state index < -0.39 is 0 Å².